The van der Waals surface area contributed by atoms with Crippen LogP contribution in [-0.2, 0) is 28.0 Å². The van der Waals surface area contributed by atoms with Crippen LogP contribution in [0.3, 0.4) is 0 Å². The quantitative estimate of drug-likeness (QED) is 0.135. The topological polar surface area (TPSA) is 57.5 Å². The molecule has 1 aromatic heterocycles. The largest absolute Gasteiger partial charge is 0.494 e. The van der Waals surface area contributed by atoms with E-state index in [9.17, 15) is 9.59 Å². The van der Waals surface area contributed by atoms with Crippen molar-refractivity contribution in [1.29, 1.82) is 0 Å². The van der Waals surface area contributed by atoms with E-state index in [1.165, 1.54) is 12.8 Å². The van der Waals surface area contributed by atoms with Gasteiger partial charge < -0.3 is 9.47 Å². The van der Waals surface area contributed by atoms with Crippen LogP contribution in [0.15, 0.2) is 66.7 Å². The van der Waals surface area contributed by atoms with E-state index in [4.69, 9.17) is 21.1 Å². The van der Waals surface area contributed by atoms with Crippen LogP contribution < -0.4 is 4.74 Å². The molecular formula is C37H42ClNO4. The summed E-state index contributed by atoms with van der Waals surface area (Å²) >= 11 is 6.02. The molecule has 1 aliphatic rings. The highest BCUT2D eigenvalue weighted by atomic mass is 35.5. The van der Waals surface area contributed by atoms with E-state index in [2.05, 4.69) is 39.8 Å². The van der Waals surface area contributed by atoms with Crippen LogP contribution in [0.5, 0.6) is 5.75 Å². The van der Waals surface area contributed by atoms with Gasteiger partial charge in [0.05, 0.1) is 18.0 Å². The van der Waals surface area contributed by atoms with Gasteiger partial charge in [0.1, 0.15) is 12.4 Å². The van der Waals surface area contributed by atoms with Gasteiger partial charge in [-0.1, -0.05) is 76.8 Å². The fourth-order valence-corrected chi connectivity index (χ4v) is 6.06. The molecule has 0 N–H and O–H groups in total. The summed E-state index contributed by atoms with van der Waals surface area (Å²) in [5.41, 5.74) is 5.21. The number of nitrogens with zero attached hydrogens (tertiary/aromatic N) is 1. The molecule has 0 fully saturated rings. The van der Waals surface area contributed by atoms with Crippen molar-refractivity contribution in [3.05, 3.63) is 99.7 Å². The Bertz CT molecular complexity index is 1580. The highest BCUT2D eigenvalue weighted by molar-refractivity contribution is 6.30. The first kappa shape index (κ1) is 30.9. The standard InChI is InChI=1S/C37H42ClNO4/c1-5-6-7-8-22-42-29-19-14-26(15-20-29)35(40)39-32-21-16-27(37(2,3)4)23-31(32)34-30(10-9-11-33(34)39)36(41)43-24-25-12-17-28(38)18-13-25/h12-21,23,30H,5-11,22,24H2,1-4H3. The summed E-state index contributed by atoms with van der Waals surface area (Å²) in [5.74, 6) is -0.0273. The summed E-state index contributed by atoms with van der Waals surface area (Å²) in [5, 5.41) is 1.60. The van der Waals surface area contributed by atoms with E-state index in [1.54, 1.807) is 12.1 Å². The Hall–Kier alpha value is -3.57. The maximum Gasteiger partial charge on any atom is 0.313 e. The molecule has 1 heterocycles. The first-order valence-corrected chi connectivity index (χ1v) is 15.9. The molecule has 3 aromatic carbocycles. The molecule has 1 atom stereocenters. The number of hydrogen-bond donors (Lipinski definition) is 0. The smallest absolute Gasteiger partial charge is 0.313 e. The minimum atomic E-state index is -0.439. The van der Waals surface area contributed by atoms with Crippen LogP contribution in [0.1, 0.15) is 105 Å². The summed E-state index contributed by atoms with van der Waals surface area (Å²) in [6, 6.07) is 21.1. The van der Waals surface area contributed by atoms with Gasteiger partial charge in [-0.25, -0.2) is 0 Å². The van der Waals surface area contributed by atoms with E-state index in [1.807, 2.05) is 47.0 Å². The number of hydrogen-bond acceptors (Lipinski definition) is 4. The second-order valence-electron chi connectivity index (χ2n) is 12.6. The van der Waals surface area contributed by atoms with Gasteiger partial charge in [0.15, 0.2) is 0 Å². The van der Waals surface area contributed by atoms with Crippen molar-refractivity contribution >= 4 is 34.4 Å². The highest BCUT2D eigenvalue weighted by Crippen LogP contribution is 2.42. The van der Waals surface area contributed by atoms with Gasteiger partial charge in [-0.2, -0.15) is 0 Å². The molecule has 226 valence electrons. The lowest BCUT2D eigenvalue weighted by Gasteiger charge is -2.23. The average Bonchev–Trinajstić information content (AvgIpc) is 3.34. The van der Waals surface area contributed by atoms with Crippen LogP contribution in [0, 0.1) is 0 Å². The molecule has 43 heavy (non-hydrogen) atoms. The van der Waals surface area contributed by atoms with Gasteiger partial charge >= 0.3 is 5.97 Å². The Kier molecular flexibility index (Phi) is 9.61. The number of carbonyl (C=O) groups is 2. The average molecular weight is 600 g/mol. The Morgan fingerprint density at radius 3 is 2.40 bits per heavy atom. The van der Waals surface area contributed by atoms with Crippen molar-refractivity contribution in [3.8, 4) is 5.75 Å². The number of carbonyl (C=O) groups excluding carboxylic acids is 2. The normalized spacial score (nSPS) is 14.9. The third-order valence-corrected chi connectivity index (χ3v) is 8.63. The van der Waals surface area contributed by atoms with Crippen LogP contribution in [0.4, 0.5) is 0 Å². The first-order valence-electron chi connectivity index (χ1n) is 15.5. The molecule has 0 bridgehead atoms. The molecular weight excluding hydrogens is 558 g/mol. The summed E-state index contributed by atoms with van der Waals surface area (Å²) in [4.78, 5) is 27.7. The van der Waals surface area contributed by atoms with Crippen LogP contribution in [0.2, 0.25) is 5.02 Å². The van der Waals surface area contributed by atoms with Crippen molar-refractivity contribution in [1.82, 2.24) is 4.57 Å². The monoisotopic (exact) mass is 599 g/mol. The Morgan fingerprint density at radius 1 is 0.953 bits per heavy atom. The fraction of sp³-hybridized carbons (Fsp3) is 0.405. The predicted molar refractivity (Wildman–Crippen MR) is 173 cm³/mol. The fourth-order valence-electron chi connectivity index (χ4n) is 5.93. The zero-order chi connectivity index (χ0) is 30.6. The minimum Gasteiger partial charge on any atom is -0.494 e. The lowest BCUT2D eigenvalue weighted by Crippen LogP contribution is -2.23. The number of rotatable bonds is 10. The summed E-state index contributed by atoms with van der Waals surface area (Å²) in [7, 11) is 0. The number of aromatic nitrogens is 1. The number of ether oxygens (including phenoxy) is 2. The van der Waals surface area contributed by atoms with Crippen LogP contribution in [-0.4, -0.2) is 23.1 Å². The minimum absolute atomic E-state index is 0.0845. The summed E-state index contributed by atoms with van der Waals surface area (Å²) in [6.07, 6.45) is 6.79. The van der Waals surface area contributed by atoms with Gasteiger partial charge in [-0.05, 0) is 96.3 Å². The van der Waals surface area contributed by atoms with Gasteiger partial charge in [-0.15, -0.1) is 0 Å². The molecule has 0 saturated heterocycles. The van der Waals surface area contributed by atoms with Crippen molar-refractivity contribution in [2.24, 2.45) is 0 Å². The van der Waals surface area contributed by atoms with Crippen molar-refractivity contribution in [2.45, 2.75) is 90.6 Å². The summed E-state index contributed by atoms with van der Waals surface area (Å²) < 4.78 is 13.6. The third-order valence-electron chi connectivity index (χ3n) is 8.38. The molecule has 0 aliphatic heterocycles. The molecule has 5 rings (SSSR count). The highest BCUT2D eigenvalue weighted by Gasteiger charge is 2.35. The van der Waals surface area contributed by atoms with Crippen LogP contribution >= 0.6 is 11.6 Å². The summed E-state index contributed by atoms with van der Waals surface area (Å²) in [6.45, 7) is 9.57. The third kappa shape index (κ3) is 6.99. The van der Waals surface area contributed by atoms with Gasteiger partial charge in [-0.3, -0.25) is 14.2 Å². The van der Waals surface area contributed by atoms with Crippen molar-refractivity contribution in [2.75, 3.05) is 6.61 Å². The zero-order valence-electron chi connectivity index (χ0n) is 25.8. The molecule has 5 nitrogen and oxygen atoms in total. The Labute approximate surface area is 260 Å². The van der Waals surface area contributed by atoms with E-state index >= 15 is 0 Å². The molecule has 0 saturated carbocycles. The number of fused-ring (bicyclic) bond motifs is 3. The number of halogens is 1. The van der Waals surface area contributed by atoms with Gasteiger partial charge in [0.25, 0.3) is 5.91 Å². The molecule has 0 amide bonds. The molecule has 1 aliphatic carbocycles. The maximum absolute atomic E-state index is 14.1. The number of unbranched alkanes of at least 4 members (excludes halogenated alkanes) is 3. The van der Waals surface area contributed by atoms with Crippen molar-refractivity contribution in [3.63, 3.8) is 0 Å². The second kappa shape index (κ2) is 13.4. The predicted octanol–water partition coefficient (Wildman–Crippen LogP) is 9.40. The number of benzene rings is 3. The molecule has 1 unspecified atom stereocenters. The Morgan fingerprint density at radius 2 is 1.70 bits per heavy atom. The first-order chi connectivity index (χ1) is 20.7. The molecule has 0 spiro atoms. The number of esters is 1. The zero-order valence-corrected chi connectivity index (χ0v) is 26.5. The second-order valence-corrected chi connectivity index (χ2v) is 13.0. The molecule has 0 radical (unpaired) electrons. The van der Waals surface area contributed by atoms with E-state index in [0.29, 0.717) is 23.6 Å². The molecule has 6 heteroatoms. The van der Waals surface area contributed by atoms with E-state index < -0.39 is 5.92 Å². The van der Waals surface area contributed by atoms with Gasteiger partial charge in [0.2, 0.25) is 0 Å². The van der Waals surface area contributed by atoms with E-state index in [0.717, 1.165) is 64.7 Å². The SMILES string of the molecule is CCCCCCOc1ccc(C(=O)n2c3c(c4cc(C(C)(C)C)ccc42)C(C(=O)OCc2ccc(Cl)cc2)CCC3)cc1. The van der Waals surface area contributed by atoms with Crippen LogP contribution in [0.25, 0.3) is 10.9 Å². The van der Waals surface area contributed by atoms with Crippen molar-refractivity contribution < 1.29 is 19.1 Å². The van der Waals surface area contributed by atoms with Gasteiger partial charge in [0, 0.05) is 21.7 Å². The maximum atomic E-state index is 14.1. The molecule has 4 aromatic rings. The lowest BCUT2D eigenvalue weighted by molar-refractivity contribution is -0.147. The van der Waals surface area contributed by atoms with E-state index in [-0.39, 0.29) is 23.9 Å². The Balaban J connectivity index is 1.47. The lowest BCUT2D eigenvalue weighted by atomic mass is 9.82.